The van der Waals surface area contributed by atoms with E-state index < -0.39 is 0 Å². The molecule has 7 heteroatoms. The second-order valence-electron chi connectivity index (χ2n) is 8.93. The number of likely N-dealkylation sites (tertiary alicyclic amines) is 1. The van der Waals surface area contributed by atoms with E-state index >= 15 is 0 Å². The highest BCUT2D eigenvalue weighted by molar-refractivity contribution is 14.0. The van der Waals surface area contributed by atoms with Gasteiger partial charge in [-0.05, 0) is 36.5 Å². The van der Waals surface area contributed by atoms with Gasteiger partial charge in [-0.25, -0.2) is 4.98 Å². The average molecular weight is 564 g/mol. The zero-order chi connectivity index (χ0) is 22.0. The van der Waals surface area contributed by atoms with E-state index in [9.17, 15) is 0 Å². The van der Waals surface area contributed by atoms with E-state index in [4.69, 9.17) is 9.72 Å². The minimum absolute atomic E-state index is 0. The highest BCUT2D eigenvalue weighted by Gasteiger charge is 2.25. The Hall–Kier alpha value is -1.87. The molecule has 1 unspecified atom stereocenters. The maximum Gasteiger partial charge on any atom is 0.193 e. The Kier molecular flexibility index (Phi) is 10.7. The number of nitrogens with zero attached hydrogens (tertiary/aromatic N) is 4. The number of hydrogen-bond donors (Lipinski definition) is 1. The van der Waals surface area contributed by atoms with Gasteiger partial charge in [-0.15, -0.1) is 24.0 Å². The molecule has 1 aromatic heterocycles. The van der Waals surface area contributed by atoms with E-state index in [0.717, 1.165) is 57.5 Å². The summed E-state index contributed by atoms with van der Waals surface area (Å²) < 4.78 is 5.96. The van der Waals surface area contributed by atoms with Crippen molar-refractivity contribution >= 4 is 35.8 Å². The Balaban J connectivity index is 0.00000306. The minimum Gasteiger partial charge on any atom is -0.376 e. The Bertz CT molecular complexity index is 838. The van der Waals surface area contributed by atoms with Gasteiger partial charge in [0.2, 0.25) is 0 Å². The number of halogens is 1. The summed E-state index contributed by atoms with van der Waals surface area (Å²) in [5.74, 6) is 2.62. The van der Waals surface area contributed by atoms with Crippen molar-refractivity contribution in [1.29, 1.82) is 0 Å². The van der Waals surface area contributed by atoms with Crippen molar-refractivity contribution in [3.63, 3.8) is 0 Å². The summed E-state index contributed by atoms with van der Waals surface area (Å²) >= 11 is 0. The van der Waals surface area contributed by atoms with Crippen molar-refractivity contribution in [1.82, 2.24) is 15.2 Å². The van der Waals surface area contributed by atoms with Gasteiger partial charge in [0.15, 0.2) is 5.96 Å². The summed E-state index contributed by atoms with van der Waals surface area (Å²) in [5, 5.41) is 3.52. The van der Waals surface area contributed by atoms with E-state index in [1.165, 1.54) is 36.8 Å². The number of guanidine groups is 1. The molecule has 2 aliphatic heterocycles. The molecule has 6 nitrogen and oxygen atoms in total. The third kappa shape index (κ3) is 7.84. The van der Waals surface area contributed by atoms with Gasteiger partial charge in [-0.2, -0.15) is 0 Å². The van der Waals surface area contributed by atoms with Crippen molar-refractivity contribution in [2.24, 2.45) is 10.9 Å². The number of nitrogens with one attached hydrogen (secondary N) is 1. The summed E-state index contributed by atoms with van der Waals surface area (Å²) in [5.41, 5.74) is 2.42. The lowest BCUT2D eigenvalue weighted by molar-refractivity contribution is 0.0906. The summed E-state index contributed by atoms with van der Waals surface area (Å²) in [6.45, 7) is 6.48. The van der Waals surface area contributed by atoms with E-state index in [1.54, 1.807) is 0 Å². The van der Waals surface area contributed by atoms with Crippen LogP contribution in [0.2, 0.25) is 0 Å². The van der Waals surface area contributed by atoms with Crippen LogP contribution in [0.4, 0.5) is 5.82 Å². The fourth-order valence-corrected chi connectivity index (χ4v) is 4.60. The Morgan fingerprint density at radius 3 is 2.52 bits per heavy atom. The molecule has 33 heavy (non-hydrogen) atoms. The molecule has 2 fully saturated rings. The van der Waals surface area contributed by atoms with Gasteiger partial charge in [0, 0.05) is 51.9 Å². The maximum atomic E-state index is 5.96. The smallest absolute Gasteiger partial charge is 0.193 e. The second-order valence-corrected chi connectivity index (χ2v) is 8.93. The molecule has 1 atom stereocenters. The van der Waals surface area contributed by atoms with E-state index in [2.05, 4.69) is 56.5 Å². The lowest BCUT2D eigenvalue weighted by Gasteiger charge is -2.23. The number of aliphatic imine (C=N–C) groups is 1. The largest absolute Gasteiger partial charge is 0.376 e. The molecule has 0 amide bonds. The summed E-state index contributed by atoms with van der Waals surface area (Å²) in [6.07, 6.45) is 8.37. The van der Waals surface area contributed by atoms with E-state index in [0.29, 0.717) is 12.5 Å². The summed E-state index contributed by atoms with van der Waals surface area (Å²) in [6, 6.07) is 14.7. The first kappa shape index (κ1) is 25.7. The normalized spacial score (nSPS) is 19.2. The predicted octanol–water partition coefficient (Wildman–Crippen LogP) is 4.69. The summed E-state index contributed by atoms with van der Waals surface area (Å²) in [4.78, 5) is 14.0. The van der Waals surface area contributed by atoms with Crippen LogP contribution in [0, 0.1) is 5.92 Å². The molecule has 0 radical (unpaired) electrons. The number of rotatable bonds is 7. The predicted molar refractivity (Wildman–Crippen MR) is 146 cm³/mol. The SMILES string of the molecule is CN=C(NCc1ccc(N2CCCCCC2)nc1)N1CCC(COCc2ccccc2)C1.I. The van der Waals surface area contributed by atoms with Crippen LogP contribution in [-0.4, -0.2) is 55.7 Å². The van der Waals surface area contributed by atoms with Crippen LogP contribution in [0.3, 0.4) is 0 Å². The highest BCUT2D eigenvalue weighted by Crippen LogP contribution is 2.19. The second kappa shape index (κ2) is 13.7. The van der Waals surface area contributed by atoms with Crippen LogP contribution in [0.5, 0.6) is 0 Å². The highest BCUT2D eigenvalue weighted by atomic mass is 127. The quantitative estimate of drug-likeness (QED) is 0.301. The van der Waals surface area contributed by atoms with Crippen molar-refractivity contribution < 1.29 is 4.74 Å². The van der Waals surface area contributed by atoms with Crippen molar-refractivity contribution in [2.75, 3.05) is 44.7 Å². The van der Waals surface area contributed by atoms with Crippen molar-refractivity contribution in [3.05, 3.63) is 59.8 Å². The molecule has 1 N–H and O–H groups in total. The molecule has 0 aliphatic carbocycles. The molecule has 1 aromatic carbocycles. The molecule has 0 bridgehead atoms. The first-order valence-corrected chi connectivity index (χ1v) is 12.1. The van der Waals surface area contributed by atoms with Gasteiger partial charge in [0.05, 0.1) is 13.2 Å². The monoisotopic (exact) mass is 563 g/mol. The molecule has 2 saturated heterocycles. The molecule has 4 rings (SSSR count). The molecule has 3 heterocycles. The van der Waals surface area contributed by atoms with Gasteiger partial charge in [-0.3, -0.25) is 4.99 Å². The van der Waals surface area contributed by atoms with E-state index in [-0.39, 0.29) is 24.0 Å². The van der Waals surface area contributed by atoms with Crippen molar-refractivity contribution in [2.45, 2.75) is 45.3 Å². The Morgan fingerprint density at radius 1 is 1.03 bits per heavy atom. The van der Waals surface area contributed by atoms with Gasteiger partial charge < -0.3 is 19.9 Å². The van der Waals surface area contributed by atoms with Crippen LogP contribution in [0.1, 0.15) is 43.2 Å². The number of aromatic nitrogens is 1. The summed E-state index contributed by atoms with van der Waals surface area (Å²) in [7, 11) is 1.86. The van der Waals surface area contributed by atoms with Crippen LogP contribution < -0.4 is 10.2 Å². The number of hydrogen-bond acceptors (Lipinski definition) is 4. The maximum absolute atomic E-state index is 5.96. The molecule has 0 spiro atoms. The third-order valence-electron chi connectivity index (χ3n) is 6.45. The molecule has 180 valence electrons. The van der Waals surface area contributed by atoms with Crippen LogP contribution in [-0.2, 0) is 17.9 Å². The lowest BCUT2D eigenvalue weighted by atomic mass is 10.1. The van der Waals surface area contributed by atoms with Crippen LogP contribution >= 0.6 is 24.0 Å². The average Bonchev–Trinajstić information content (AvgIpc) is 3.13. The van der Waals surface area contributed by atoms with E-state index in [1.807, 2.05) is 19.3 Å². The Morgan fingerprint density at radius 2 is 1.82 bits per heavy atom. The molecular weight excluding hydrogens is 525 g/mol. The van der Waals surface area contributed by atoms with Gasteiger partial charge >= 0.3 is 0 Å². The van der Waals surface area contributed by atoms with Gasteiger partial charge in [-0.1, -0.05) is 49.2 Å². The van der Waals surface area contributed by atoms with Crippen molar-refractivity contribution in [3.8, 4) is 0 Å². The van der Waals surface area contributed by atoms with Crippen LogP contribution in [0.25, 0.3) is 0 Å². The molecular formula is C26H38IN5O. The number of pyridine rings is 1. The Labute approximate surface area is 215 Å². The number of benzene rings is 1. The fourth-order valence-electron chi connectivity index (χ4n) is 4.60. The first-order valence-electron chi connectivity index (χ1n) is 12.1. The van der Waals surface area contributed by atoms with Crippen LogP contribution in [0.15, 0.2) is 53.7 Å². The van der Waals surface area contributed by atoms with Gasteiger partial charge in [0.25, 0.3) is 0 Å². The lowest BCUT2D eigenvalue weighted by Crippen LogP contribution is -2.39. The first-order chi connectivity index (χ1) is 15.8. The number of ether oxygens (including phenoxy) is 1. The topological polar surface area (TPSA) is 53.0 Å². The number of anilines is 1. The zero-order valence-electron chi connectivity index (χ0n) is 19.8. The molecule has 2 aliphatic rings. The van der Waals surface area contributed by atoms with Gasteiger partial charge in [0.1, 0.15) is 5.82 Å². The minimum atomic E-state index is 0. The molecule has 0 saturated carbocycles. The standard InChI is InChI=1S/C26H37N5O.HI/c1-27-26(31-16-13-24(19-31)21-32-20-22-9-5-4-6-10-22)29-18-23-11-12-25(28-17-23)30-14-7-2-3-8-15-30;/h4-6,9-12,17,24H,2-3,7-8,13-16,18-21H2,1H3,(H,27,29);1H. The fraction of sp³-hybridized carbons (Fsp3) is 0.538. The third-order valence-corrected chi connectivity index (χ3v) is 6.45. The zero-order valence-corrected chi connectivity index (χ0v) is 22.1. The molecule has 2 aromatic rings.